The third-order valence-electron chi connectivity index (χ3n) is 2.26. The summed E-state index contributed by atoms with van der Waals surface area (Å²) in [6, 6.07) is 0. The number of aromatic nitrogens is 2. The van der Waals surface area contributed by atoms with Gasteiger partial charge in [0, 0.05) is 19.8 Å². The SMILES string of the molecule is CNC(=O)c1cn(CC2CC2)cn1. The second-order valence-corrected chi connectivity index (χ2v) is 3.48. The average Bonchev–Trinajstić information content (AvgIpc) is 2.81. The Hall–Kier alpha value is -1.32. The minimum Gasteiger partial charge on any atom is -0.354 e. The van der Waals surface area contributed by atoms with Gasteiger partial charge in [-0.2, -0.15) is 0 Å². The number of carbonyl (C=O) groups excluding carboxylic acids is 1. The van der Waals surface area contributed by atoms with Gasteiger partial charge in [0.1, 0.15) is 5.69 Å². The summed E-state index contributed by atoms with van der Waals surface area (Å²) in [5.41, 5.74) is 0.503. The molecule has 0 bridgehead atoms. The van der Waals surface area contributed by atoms with E-state index in [4.69, 9.17) is 0 Å². The first-order chi connectivity index (χ1) is 6.29. The van der Waals surface area contributed by atoms with Gasteiger partial charge in [-0.1, -0.05) is 0 Å². The fourth-order valence-corrected chi connectivity index (χ4v) is 1.30. The molecule has 1 saturated carbocycles. The molecule has 4 nitrogen and oxygen atoms in total. The molecule has 0 spiro atoms. The van der Waals surface area contributed by atoms with E-state index in [1.54, 1.807) is 19.6 Å². The molecule has 1 aliphatic rings. The fourth-order valence-electron chi connectivity index (χ4n) is 1.30. The zero-order valence-corrected chi connectivity index (χ0v) is 7.66. The van der Waals surface area contributed by atoms with Crippen molar-refractivity contribution in [2.45, 2.75) is 19.4 Å². The number of hydrogen-bond acceptors (Lipinski definition) is 2. The van der Waals surface area contributed by atoms with Crippen molar-refractivity contribution in [1.82, 2.24) is 14.9 Å². The summed E-state index contributed by atoms with van der Waals surface area (Å²) >= 11 is 0. The number of nitrogens with zero attached hydrogens (tertiary/aromatic N) is 2. The molecule has 0 aromatic carbocycles. The van der Waals surface area contributed by atoms with E-state index in [-0.39, 0.29) is 5.91 Å². The highest BCUT2D eigenvalue weighted by molar-refractivity contribution is 5.91. The van der Waals surface area contributed by atoms with Crippen LogP contribution in [0.15, 0.2) is 12.5 Å². The highest BCUT2D eigenvalue weighted by atomic mass is 16.1. The Balaban J connectivity index is 2.03. The van der Waals surface area contributed by atoms with Gasteiger partial charge in [-0.15, -0.1) is 0 Å². The molecular formula is C9H13N3O. The molecule has 1 aromatic heterocycles. The van der Waals surface area contributed by atoms with Crippen LogP contribution in [-0.4, -0.2) is 22.5 Å². The molecular weight excluding hydrogens is 166 g/mol. The zero-order chi connectivity index (χ0) is 9.26. The van der Waals surface area contributed by atoms with Crippen LogP contribution in [0, 0.1) is 5.92 Å². The molecule has 0 atom stereocenters. The van der Waals surface area contributed by atoms with Crippen LogP contribution in [0.5, 0.6) is 0 Å². The molecule has 4 heteroatoms. The van der Waals surface area contributed by atoms with Crippen LogP contribution < -0.4 is 5.32 Å². The van der Waals surface area contributed by atoms with Crippen molar-refractivity contribution in [3.05, 3.63) is 18.2 Å². The van der Waals surface area contributed by atoms with Crippen molar-refractivity contribution in [3.8, 4) is 0 Å². The van der Waals surface area contributed by atoms with Crippen LogP contribution in [-0.2, 0) is 6.54 Å². The number of imidazole rings is 1. The second-order valence-electron chi connectivity index (χ2n) is 3.48. The Morgan fingerprint density at radius 2 is 2.54 bits per heavy atom. The summed E-state index contributed by atoms with van der Waals surface area (Å²) in [5, 5.41) is 2.55. The number of rotatable bonds is 3. The van der Waals surface area contributed by atoms with Crippen molar-refractivity contribution in [2.24, 2.45) is 5.92 Å². The van der Waals surface area contributed by atoms with E-state index >= 15 is 0 Å². The molecule has 2 rings (SSSR count). The van der Waals surface area contributed by atoms with E-state index in [0.29, 0.717) is 5.69 Å². The van der Waals surface area contributed by atoms with E-state index in [1.165, 1.54) is 12.8 Å². The monoisotopic (exact) mass is 179 g/mol. The minimum absolute atomic E-state index is 0.116. The molecule has 13 heavy (non-hydrogen) atoms. The Morgan fingerprint density at radius 3 is 3.15 bits per heavy atom. The standard InChI is InChI=1S/C9H13N3O/c1-10-9(13)8-5-12(6-11-8)4-7-2-3-7/h5-7H,2-4H2,1H3,(H,10,13). The molecule has 70 valence electrons. The molecule has 1 amide bonds. The Bertz CT molecular complexity index is 314. The van der Waals surface area contributed by atoms with Crippen LogP contribution >= 0.6 is 0 Å². The van der Waals surface area contributed by atoms with Gasteiger partial charge in [-0.3, -0.25) is 4.79 Å². The van der Waals surface area contributed by atoms with E-state index in [9.17, 15) is 4.79 Å². The molecule has 1 heterocycles. The third-order valence-corrected chi connectivity index (χ3v) is 2.26. The fraction of sp³-hybridized carbons (Fsp3) is 0.556. The van der Waals surface area contributed by atoms with Crippen molar-refractivity contribution >= 4 is 5.91 Å². The summed E-state index contributed by atoms with van der Waals surface area (Å²) in [6.45, 7) is 1.00. The van der Waals surface area contributed by atoms with Gasteiger partial charge in [-0.25, -0.2) is 4.98 Å². The predicted molar refractivity (Wildman–Crippen MR) is 48.3 cm³/mol. The highest BCUT2D eigenvalue weighted by Crippen LogP contribution is 2.30. The quantitative estimate of drug-likeness (QED) is 0.740. The van der Waals surface area contributed by atoms with Crippen LogP contribution in [0.2, 0.25) is 0 Å². The largest absolute Gasteiger partial charge is 0.354 e. The number of carbonyl (C=O) groups is 1. The van der Waals surface area contributed by atoms with Gasteiger partial charge in [0.15, 0.2) is 0 Å². The van der Waals surface area contributed by atoms with Crippen molar-refractivity contribution < 1.29 is 4.79 Å². The Kier molecular flexibility index (Phi) is 2.04. The molecule has 0 radical (unpaired) electrons. The first-order valence-electron chi connectivity index (χ1n) is 4.53. The smallest absolute Gasteiger partial charge is 0.271 e. The van der Waals surface area contributed by atoms with Crippen molar-refractivity contribution in [1.29, 1.82) is 0 Å². The Morgan fingerprint density at radius 1 is 1.77 bits per heavy atom. The lowest BCUT2D eigenvalue weighted by Crippen LogP contribution is -2.18. The third kappa shape index (κ3) is 1.88. The first-order valence-corrected chi connectivity index (χ1v) is 4.53. The zero-order valence-electron chi connectivity index (χ0n) is 7.66. The summed E-state index contributed by atoms with van der Waals surface area (Å²) in [6.07, 6.45) is 6.15. The number of amides is 1. The van der Waals surface area contributed by atoms with Crippen molar-refractivity contribution in [3.63, 3.8) is 0 Å². The maximum absolute atomic E-state index is 11.1. The predicted octanol–water partition coefficient (Wildman–Crippen LogP) is 0.653. The molecule has 1 aliphatic carbocycles. The summed E-state index contributed by atoms with van der Waals surface area (Å²) in [5.74, 6) is 0.696. The number of hydrogen-bond donors (Lipinski definition) is 1. The lowest BCUT2D eigenvalue weighted by atomic mass is 10.4. The average molecular weight is 179 g/mol. The van der Waals surface area contributed by atoms with Crippen LogP contribution in [0.3, 0.4) is 0 Å². The summed E-state index contributed by atoms with van der Waals surface area (Å²) < 4.78 is 1.99. The van der Waals surface area contributed by atoms with Gasteiger partial charge < -0.3 is 9.88 Å². The van der Waals surface area contributed by atoms with E-state index < -0.39 is 0 Å². The van der Waals surface area contributed by atoms with Crippen LogP contribution in [0.25, 0.3) is 0 Å². The van der Waals surface area contributed by atoms with Gasteiger partial charge >= 0.3 is 0 Å². The van der Waals surface area contributed by atoms with Gasteiger partial charge in [0.25, 0.3) is 5.91 Å². The molecule has 1 aromatic rings. The molecule has 0 saturated heterocycles. The first kappa shape index (κ1) is 8.29. The molecule has 0 aliphatic heterocycles. The maximum atomic E-state index is 11.1. The lowest BCUT2D eigenvalue weighted by molar-refractivity contribution is 0.0958. The van der Waals surface area contributed by atoms with E-state index in [1.807, 2.05) is 4.57 Å². The summed E-state index contributed by atoms with van der Waals surface area (Å²) in [7, 11) is 1.61. The van der Waals surface area contributed by atoms with Gasteiger partial charge in [-0.05, 0) is 18.8 Å². The van der Waals surface area contributed by atoms with Crippen LogP contribution in [0.4, 0.5) is 0 Å². The molecule has 0 unspecified atom stereocenters. The minimum atomic E-state index is -0.116. The Labute approximate surface area is 77.0 Å². The second kappa shape index (κ2) is 3.20. The summed E-state index contributed by atoms with van der Waals surface area (Å²) in [4.78, 5) is 15.2. The number of nitrogens with one attached hydrogen (secondary N) is 1. The van der Waals surface area contributed by atoms with E-state index in [2.05, 4.69) is 10.3 Å². The lowest BCUT2D eigenvalue weighted by Gasteiger charge is -1.96. The molecule has 1 fully saturated rings. The van der Waals surface area contributed by atoms with Gasteiger partial charge in [0.05, 0.1) is 6.33 Å². The maximum Gasteiger partial charge on any atom is 0.271 e. The molecule has 1 N–H and O–H groups in total. The van der Waals surface area contributed by atoms with E-state index in [0.717, 1.165) is 12.5 Å². The highest BCUT2D eigenvalue weighted by Gasteiger charge is 2.21. The normalized spacial score (nSPS) is 15.8. The topological polar surface area (TPSA) is 46.9 Å². The van der Waals surface area contributed by atoms with Crippen LogP contribution in [0.1, 0.15) is 23.3 Å². The van der Waals surface area contributed by atoms with Crippen molar-refractivity contribution in [2.75, 3.05) is 7.05 Å². The van der Waals surface area contributed by atoms with Gasteiger partial charge in [0.2, 0.25) is 0 Å².